The fraction of sp³-hybridized carbons (Fsp3) is 0.833. The number of hydrogen-bond acceptors (Lipinski definition) is 3. The van der Waals surface area contributed by atoms with E-state index in [2.05, 4.69) is 4.74 Å². The van der Waals surface area contributed by atoms with Crippen LogP contribution in [0.15, 0.2) is 0 Å². The second-order valence-electron chi connectivity index (χ2n) is 2.01. The Balaban J connectivity index is 3.83. The largest absolute Gasteiger partial charge is 0.390 e. The summed E-state index contributed by atoms with van der Waals surface area (Å²) in [5, 5.41) is 8.84. The summed E-state index contributed by atoms with van der Waals surface area (Å²) in [7, 11) is 1.40. The molecule has 0 aromatic carbocycles. The number of Topliss-reactive ketones (excluding diaryl/α,β-unsaturated/α-hetero) is 1. The van der Waals surface area contributed by atoms with Gasteiger partial charge in [-0.1, -0.05) is 0 Å². The summed E-state index contributed by atoms with van der Waals surface area (Å²) in [4.78, 5) is 10.5. The summed E-state index contributed by atoms with van der Waals surface area (Å²) in [6.07, 6.45) is -1.38. The Kier molecular flexibility index (Phi) is 3.42. The van der Waals surface area contributed by atoms with Crippen LogP contribution < -0.4 is 0 Å². The highest BCUT2D eigenvalue weighted by Crippen LogP contribution is 1.97. The van der Waals surface area contributed by atoms with Crippen molar-refractivity contribution in [3.05, 3.63) is 0 Å². The van der Waals surface area contributed by atoms with Gasteiger partial charge in [-0.3, -0.25) is 4.79 Å². The highest BCUT2D eigenvalue weighted by atomic mass is 16.5. The Labute approximate surface area is 54.6 Å². The quantitative estimate of drug-likeness (QED) is 0.586. The average Bonchev–Trinajstić information content (AvgIpc) is 1.64. The molecule has 0 spiro atoms. The zero-order valence-electron chi connectivity index (χ0n) is 5.92. The lowest BCUT2D eigenvalue weighted by molar-refractivity contribution is -0.132. The Morgan fingerprint density at radius 1 is 1.67 bits per heavy atom. The van der Waals surface area contributed by atoms with E-state index in [0.717, 1.165) is 0 Å². The molecule has 0 rings (SSSR count). The maximum Gasteiger partial charge on any atom is 0.161 e. The molecule has 0 saturated carbocycles. The van der Waals surface area contributed by atoms with Gasteiger partial charge in [0, 0.05) is 7.11 Å². The molecule has 9 heavy (non-hydrogen) atoms. The van der Waals surface area contributed by atoms with E-state index in [9.17, 15) is 4.79 Å². The summed E-state index contributed by atoms with van der Waals surface area (Å²) >= 11 is 0. The molecule has 0 amide bonds. The van der Waals surface area contributed by atoms with Gasteiger partial charge in [0.25, 0.3) is 0 Å². The van der Waals surface area contributed by atoms with E-state index in [4.69, 9.17) is 5.11 Å². The van der Waals surface area contributed by atoms with Gasteiger partial charge in [0.1, 0.15) is 6.10 Å². The molecule has 1 N–H and O–H groups in total. The van der Waals surface area contributed by atoms with Crippen LogP contribution in [0.5, 0.6) is 0 Å². The second-order valence-corrected chi connectivity index (χ2v) is 2.01. The van der Waals surface area contributed by atoms with Gasteiger partial charge in [0.15, 0.2) is 5.78 Å². The van der Waals surface area contributed by atoms with Gasteiger partial charge in [0.2, 0.25) is 0 Å². The number of aliphatic hydroxyl groups excluding tert-OH is 1. The van der Waals surface area contributed by atoms with E-state index in [-0.39, 0.29) is 5.78 Å². The number of rotatable bonds is 3. The average molecular weight is 132 g/mol. The molecule has 2 unspecified atom stereocenters. The molecule has 0 radical (unpaired) electrons. The van der Waals surface area contributed by atoms with Crippen LogP contribution in [0.2, 0.25) is 0 Å². The number of aliphatic hydroxyl groups is 1. The van der Waals surface area contributed by atoms with Gasteiger partial charge in [-0.25, -0.2) is 0 Å². The number of carbonyl (C=O) groups is 1. The lowest BCUT2D eigenvalue weighted by atomic mass is 10.2. The van der Waals surface area contributed by atoms with E-state index in [1.165, 1.54) is 21.0 Å². The number of carbonyl (C=O) groups excluding carboxylic acids is 1. The van der Waals surface area contributed by atoms with Crippen molar-refractivity contribution in [3.8, 4) is 0 Å². The Morgan fingerprint density at radius 2 is 2.11 bits per heavy atom. The van der Waals surface area contributed by atoms with Crippen molar-refractivity contribution in [1.82, 2.24) is 0 Å². The second kappa shape index (κ2) is 3.58. The fourth-order valence-electron chi connectivity index (χ4n) is 0.703. The van der Waals surface area contributed by atoms with Gasteiger partial charge in [-0.2, -0.15) is 0 Å². The minimum Gasteiger partial charge on any atom is -0.390 e. The zero-order chi connectivity index (χ0) is 7.44. The van der Waals surface area contributed by atoms with Crippen molar-refractivity contribution in [2.45, 2.75) is 26.1 Å². The molecule has 0 aliphatic rings. The topological polar surface area (TPSA) is 46.5 Å². The minimum absolute atomic E-state index is 0.146. The standard InChI is InChI=1S/C6H12O3/c1-4(7)6(9-3)5(2)8/h4,6-7H,1-3H3. The van der Waals surface area contributed by atoms with Crippen molar-refractivity contribution < 1.29 is 14.6 Å². The summed E-state index contributed by atoms with van der Waals surface area (Å²) in [5.41, 5.74) is 0. The van der Waals surface area contributed by atoms with Gasteiger partial charge < -0.3 is 9.84 Å². The summed E-state index contributed by atoms with van der Waals surface area (Å²) < 4.78 is 4.67. The molecular weight excluding hydrogens is 120 g/mol. The normalized spacial score (nSPS) is 16.9. The Hall–Kier alpha value is -0.410. The molecule has 0 aromatic heterocycles. The van der Waals surface area contributed by atoms with Gasteiger partial charge in [-0.05, 0) is 13.8 Å². The molecule has 0 fully saturated rings. The van der Waals surface area contributed by atoms with E-state index in [1.807, 2.05) is 0 Å². The van der Waals surface area contributed by atoms with Crippen LogP contribution in [0.1, 0.15) is 13.8 Å². The molecule has 0 saturated heterocycles. The summed E-state index contributed by atoms with van der Waals surface area (Å²) in [5.74, 6) is -0.146. The highest BCUT2D eigenvalue weighted by molar-refractivity contribution is 5.80. The third kappa shape index (κ3) is 2.58. The van der Waals surface area contributed by atoms with Crippen molar-refractivity contribution in [3.63, 3.8) is 0 Å². The van der Waals surface area contributed by atoms with Crippen LogP contribution in [0.25, 0.3) is 0 Å². The van der Waals surface area contributed by atoms with Crippen LogP contribution in [-0.2, 0) is 9.53 Å². The van der Waals surface area contributed by atoms with Crippen molar-refractivity contribution in [2.24, 2.45) is 0 Å². The first kappa shape index (κ1) is 8.59. The smallest absolute Gasteiger partial charge is 0.161 e. The Bertz CT molecular complexity index is 98.5. The van der Waals surface area contributed by atoms with E-state index >= 15 is 0 Å². The third-order valence-electron chi connectivity index (χ3n) is 1.09. The fourth-order valence-corrected chi connectivity index (χ4v) is 0.703. The number of ketones is 1. The summed E-state index contributed by atoms with van der Waals surface area (Å²) in [6.45, 7) is 2.91. The van der Waals surface area contributed by atoms with Crippen molar-refractivity contribution in [2.75, 3.05) is 7.11 Å². The predicted molar refractivity (Wildman–Crippen MR) is 33.2 cm³/mol. The summed E-state index contributed by atoms with van der Waals surface area (Å²) in [6, 6.07) is 0. The molecule has 0 aliphatic carbocycles. The zero-order valence-corrected chi connectivity index (χ0v) is 5.92. The SMILES string of the molecule is COC(C(C)=O)C(C)O. The van der Waals surface area contributed by atoms with Gasteiger partial charge in [-0.15, -0.1) is 0 Å². The molecule has 0 bridgehead atoms. The van der Waals surface area contributed by atoms with Gasteiger partial charge >= 0.3 is 0 Å². The molecule has 2 atom stereocenters. The minimum atomic E-state index is -0.715. The van der Waals surface area contributed by atoms with Crippen LogP contribution >= 0.6 is 0 Å². The van der Waals surface area contributed by atoms with Crippen LogP contribution in [0.4, 0.5) is 0 Å². The molecule has 54 valence electrons. The van der Waals surface area contributed by atoms with Gasteiger partial charge in [0.05, 0.1) is 6.10 Å². The number of ether oxygens (including phenoxy) is 1. The molecule has 0 heterocycles. The first-order valence-electron chi connectivity index (χ1n) is 2.81. The number of methoxy groups -OCH3 is 1. The van der Waals surface area contributed by atoms with Crippen LogP contribution in [0.3, 0.4) is 0 Å². The first-order valence-corrected chi connectivity index (χ1v) is 2.81. The first-order chi connectivity index (χ1) is 4.09. The lowest BCUT2D eigenvalue weighted by Gasteiger charge is -2.13. The Morgan fingerprint density at radius 3 is 2.11 bits per heavy atom. The van der Waals surface area contributed by atoms with Crippen molar-refractivity contribution >= 4 is 5.78 Å². The van der Waals surface area contributed by atoms with Crippen molar-refractivity contribution in [1.29, 1.82) is 0 Å². The molecule has 0 aliphatic heterocycles. The lowest BCUT2D eigenvalue weighted by Crippen LogP contribution is -2.31. The van der Waals surface area contributed by atoms with E-state index < -0.39 is 12.2 Å². The molecular formula is C6H12O3. The van der Waals surface area contributed by atoms with Crippen LogP contribution in [0, 0.1) is 0 Å². The molecule has 3 heteroatoms. The maximum absolute atomic E-state index is 10.5. The third-order valence-corrected chi connectivity index (χ3v) is 1.09. The predicted octanol–water partition coefficient (Wildman–Crippen LogP) is -0.0288. The monoisotopic (exact) mass is 132 g/mol. The maximum atomic E-state index is 10.5. The van der Waals surface area contributed by atoms with Crippen LogP contribution in [-0.4, -0.2) is 30.2 Å². The van der Waals surface area contributed by atoms with E-state index in [0.29, 0.717) is 0 Å². The van der Waals surface area contributed by atoms with E-state index in [1.54, 1.807) is 0 Å². The number of hydrogen-bond donors (Lipinski definition) is 1. The molecule has 3 nitrogen and oxygen atoms in total. The highest BCUT2D eigenvalue weighted by Gasteiger charge is 2.17. The molecule has 0 aromatic rings.